The summed E-state index contributed by atoms with van der Waals surface area (Å²) in [4.78, 5) is 11.7. The van der Waals surface area contributed by atoms with E-state index in [1.165, 1.54) is 30.4 Å². The van der Waals surface area contributed by atoms with Crippen molar-refractivity contribution in [3.05, 3.63) is 35.5 Å². The van der Waals surface area contributed by atoms with Gasteiger partial charge in [0.25, 0.3) is 0 Å². The number of rotatable bonds is 3. The van der Waals surface area contributed by atoms with Crippen LogP contribution in [-0.2, 0) is 4.79 Å². The Morgan fingerprint density at radius 3 is 2.87 bits per heavy atom. The molecule has 0 aromatic carbocycles. The SMILES string of the molecule is C=CC[C@@H]1CC[C@H]2[C@@H]3CCC4=CC(=O)CCC4=C3CC[C@]12CO. The minimum absolute atomic E-state index is 0.134. The Labute approximate surface area is 139 Å². The molecule has 0 spiro atoms. The van der Waals surface area contributed by atoms with Crippen molar-refractivity contribution < 1.29 is 9.90 Å². The van der Waals surface area contributed by atoms with Crippen molar-refractivity contribution in [2.75, 3.05) is 6.61 Å². The van der Waals surface area contributed by atoms with Crippen LogP contribution in [0.1, 0.15) is 57.8 Å². The van der Waals surface area contributed by atoms with Gasteiger partial charge >= 0.3 is 0 Å². The number of ketones is 1. The Kier molecular flexibility index (Phi) is 3.84. The van der Waals surface area contributed by atoms with Gasteiger partial charge in [-0.05, 0) is 86.3 Å². The van der Waals surface area contributed by atoms with E-state index in [2.05, 4.69) is 6.58 Å². The lowest BCUT2D eigenvalue weighted by Gasteiger charge is -2.50. The van der Waals surface area contributed by atoms with E-state index in [1.807, 2.05) is 12.2 Å². The molecule has 1 N–H and O–H groups in total. The van der Waals surface area contributed by atoms with Crippen molar-refractivity contribution >= 4 is 5.78 Å². The summed E-state index contributed by atoms with van der Waals surface area (Å²) in [7, 11) is 0. The summed E-state index contributed by atoms with van der Waals surface area (Å²) in [5, 5.41) is 10.3. The maximum absolute atomic E-state index is 11.7. The van der Waals surface area contributed by atoms with Gasteiger partial charge in [-0.1, -0.05) is 11.6 Å². The molecule has 23 heavy (non-hydrogen) atoms. The van der Waals surface area contributed by atoms with Crippen LogP contribution in [0.3, 0.4) is 0 Å². The summed E-state index contributed by atoms with van der Waals surface area (Å²) >= 11 is 0. The number of hydrogen-bond donors (Lipinski definition) is 1. The van der Waals surface area contributed by atoms with Gasteiger partial charge in [0.05, 0.1) is 0 Å². The zero-order chi connectivity index (χ0) is 16.0. The van der Waals surface area contributed by atoms with E-state index in [0.717, 1.165) is 32.1 Å². The topological polar surface area (TPSA) is 37.3 Å². The van der Waals surface area contributed by atoms with Crippen molar-refractivity contribution in [2.24, 2.45) is 23.2 Å². The molecule has 0 heterocycles. The highest BCUT2D eigenvalue weighted by atomic mass is 16.3. The van der Waals surface area contributed by atoms with Crippen LogP contribution in [0.25, 0.3) is 0 Å². The molecule has 0 aliphatic heterocycles. The predicted octanol–water partition coefficient (Wildman–Crippen LogP) is 4.36. The average Bonchev–Trinajstić information content (AvgIpc) is 2.94. The number of fused-ring (bicyclic) bond motifs is 4. The van der Waals surface area contributed by atoms with E-state index < -0.39 is 0 Å². The summed E-state index contributed by atoms with van der Waals surface area (Å²) in [5.41, 5.74) is 4.65. The molecule has 0 unspecified atom stereocenters. The van der Waals surface area contributed by atoms with Gasteiger partial charge in [0, 0.05) is 18.4 Å². The van der Waals surface area contributed by atoms with Crippen LogP contribution in [0.5, 0.6) is 0 Å². The predicted molar refractivity (Wildman–Crippen MR) is 91.9 cm³/mol. The zero-order valence-electron chi connectivity index (χ0n) is 14.0. The van der Waals surface area contributed by atoms with Crippen LogP contribution in [0, 0.1) is 23.2 Å². The largest absolute Gasteiger partial charge is 0.396 e. The smallest absolute Gasteiger partial charge is 0.156 e. The minimum Gasteiger partial charge on any atom is -0.396 e. The first kappa shape index (κ1) is 15.4. The Morgan fingerprint density at radius 1 is 1.22 bits per heavy atom. The van der Waals surface area contributed by atoms with Crippen LogP contribution in [0.15, 0.2) is 35.5 Å². The fourth-order valence-corrected chi connectivity index (χ4v) is 6.34. The summed E-state index contributed by atoms with van der Waals surface area (Å²) < 4.78 is 0. The van der Waals surface area contributed by atoms with E-state index >= 15 is 0 Å². The van der Waals surface area contributed by atoms with Gasteiger partial charge < -0.3 is 5.11 Å². The molecule has 0 bridgehead atoms. The lowest BCUT2D eigenvalue weighted by atomic mass is 9.55. The highest BCUT2D eigenvalue weighted by molar-refractivity contribution is 5.93. The summed E-state index contributed by atoms with van der Waals surface area (Å²) in [5.74, 6) is 2.24. The molecule has 2 heteroatoms. The Balaban J connectivity index is 1.70. The highest BCUT2D eigenvalue weighted by Gasteiger charge is 2.55. The standard InChI is InChI=1S/C21H28O2/c1-2-3-15-5-9-20-19-7-4-14-12-16(23)6-8-17(14)18(19)10-11-21(15,20)13-22/h2,12,15,19-20,22H,1,3-11,13H2/t15-,19-,20+,21+/m1/s1. The van der Waals surface area contributed by atoms with Crippen LogP contribution < -0.4 is 0 Å². The maximum Gasteiger partial charge on any atom is 0.156 e. The molecule has 4 atom stereocenters. The molecule has 0 aromatic heterocycles. The van der Waals surface area contributed by atoms with Gasteiger partial charge in [-0.2, -0.15) is 0 Å². The molecule has 2 nitrogen and oxygen atoms in total. The first-order chi connectivity index (χ1) is 11.2. The molecule has 0 saturated heterocycles. The second kappa shape index (κ2) is 5.73. The third kappa shape index (κ3) is 2.21. The molecule has 0 amide bonds. The van der Waals surface area contributed by atoms with Crippen LogP contribution in [-0.4, -0.2) is 17.5 Å². The zero-order valence-corrected chi connectivity index (χ0v) is 14.0. The van der Waals surface area contributed by atoms with Crippen molar-refractivity contribution in [1.82, 2.24) is 0 Å². The van der Waals surface area contributed by atoms with Gasteiger partial charge in [-0.3, -0.25) is 4.79 Å². The second-order valence-electron chi connectivity index (χ2n) is 8.08. The van der Waals surface area contributed by atoms with Gasteiger partial charge in [0.1, 0.15) is 0 Å². The fourth-order valence-electron chi connectivity index (χ4n) is 6.34. The summed E-state index contributed by atoms with van der Waals surface area (Å²) in [6, 6.07) is 0. The molecule has 4 aliphatic carbocycles. The Morgan fingerprint density at radius 2 is 2.09 bits per heavy atom. The van der Waals surface area contributed by atoms with Crippen molar-refractivity contribution in [3.63, 3.8) is 0 Å². The molecular formula is C21H28O2. The molecule has 2 fully saturated rings. The van der Waals surface area contributed by atoms with Crippen molar-refractivity contribution in [3.8, 4) is 0 Å². The molecular weight excluding hydrogens is 284 g/mol. The third-order valence-corrected chi connectivity index (χ3v) is 7.37. The first-order valence-electron chi connectivity index (χ1n) is 9.37. The molecule has 4 rings (SSSR count). The fraction of sp³-hybridized carbons (Fsp3) is 0.667. The number of hydrogen-bond acceptors (Lipinski definition) is 2. The van der Waals surface area contributed by atoms with Gasteiger partial charge in [0.15, 0.2) is 5.78 Å². The lowest BCUT2D eigenvalue weighted by Crippen LogP contribution is -2.44. The average molecular weight is 312 g/mol. The summed E-state index contributed by atoms with van der Waals surface area (Å²) in [6.45, 7) is 4.28. The highest BCUT2D eigenvalue weighted by Crippen LogP contribution is 2.62. The Hall–Kier alpha value is -1.15. The van der Waals surface area contributed by atoms with E-state index in [4.69, 9.17) is 0 Å². The molecule has 0 radical (unpaired) electrons. The quantitative estimate of drug-likeness (QED) is 0.786. The number of allylic oxidation sites excluding steroid dienone is 5. The Bertz CT molecular complexity index is 597. The normalized spacial score (nSPS) is 39.4. The number of carbonyl (C=O) groups is 1. The van der Waals surface area contributed by atoms with E-state index in [0.29, 0.717) is 36.6 Å². The van der Waals surface area contributed by atoms with Crippen LogP contribution in [0.2, 0.25) is 0 Å². The van der Waals surface area contributed by atoms with E-state index in [9.17, 15) is 9.90 Å². The van der Waals surface area contributed by atoms with Gasteiger partial charge in [-0.15, -0.1) is 6.58 Å². The summed E-state index contributed by atoms with van der Waals surface area (Å²) in [6.07, 6.45) is 13.7. The number of aliphatic hydroxyl groups is 1. The minimum atomic E-state index is 0.134. The molecule has 4 aliphatic rings. The second-order valence-corrected chi connectivity index (χ2v) is 8.08. The van der Waals surface area contributed by atoms with Crippen LogP contribution in [0.4, 0.5) is 0 Å². The lowest BCUT2D eigenvalue weighted by molar-refractivity contribution is -0.114. The number of aliphatic hydroxyl groups excluding tert-OH is 1. The first-order valence-corrected chi connectivity index (χ1v) is 9.37. The van der Waals surface area contributed by atoms with Crippen molar-refractivity contribution in [1.29, 1.82) is 0 Å². The third-order valence-electron chi connectivity index (χ3n) is 7.37. The van der Waals surface area contributed by atoms with Gasteiger partial charge in [0.2, 0.25) is 0 Å². The number of carbonyl (C=O) groups excluding carboxylic acids is 1. The monoisotopic (exact) mass is 312 g/mol. The molecule has 124 valence electrons. The van der Waals surface area contributed by atoms with Crippen molar-refractivity contribution in [2.45, 2.75) is 57.8 Å². The van der Waals surface area contributed by atoms with E-state index in [1.54, 1.807) is 5.57 Å². The maximum atomic E-state index is 11.7. The van der Waals surface area contributed by atoms with E-state index in [-0.39, 0.29) is 5.41 Å². The van der Waals surface area contributed by atoms with Gasteiger partial charge in [-0.25, -0.2) is 0 Å². The molecule has 0 aromatic rings. The van der Waals surface area contributed by atoms with Crippen LogP contribution >= 0.6 is 0 Å². The molecule has 2 saturated carbocycles.